The van der Waals surface area contributed by atoms with Crippen LogP contribution in [-0.2, 0) is 9.53 Å². The highest BCUT2D eigenvalue weighted by Crippen LogP contribution is 2.26. The Bertz CT molecular complexity index is 523. The lowest BCUT2D eigenvalue weighted by Crippen LogP contribution is -2.54. The summed E-state index contributed by atoms with van der Waals surface area (Å²) in [4.78, 5) is 19.3. The van der Waals surface area contributed by atoms with Crippen molar-refractivity contribution in [3.05, 3.63) is 0 Å². The Kier molecular flexibility index (Phi) is 7.35. The summed E-state index contributed by atoms with van der Waals surface area (Å²) in [5.41, 5.74) is 0. The highest BCUT2D eigenvalue weighted by molar-refractivity contribution is 5.81. The fourth-order valence-electron chi connectivity index (χ4n) is 4.25. The molecule has 154 valence electrons. The molecular weight excluding hydrogens is 342 g/mol. The van der Waals surface area contributed by atoms with Gasteiger partial charge in [-0.1, -0.05) is 6.42 Å². The molecule has 0 bridgehead atoms. The van der Waals surface area contributed by atoms with Crippen LogP contribution in [0.1, 0.15) is 52.4 Å². The minimum Gasteiger partial charge on any atom is -0.379 e. The maximum Gasteiger partial charge on any atom is 0.223 e. The number of aliphatic imine (C=N–C) groups is 1. The Morgan fingerprint density at radius 3 is 2.74 bits per heavy atom. The van der Waals surface area contributed by atoms with Gasteiger partial charge in [-0.2, -0.15) is 0 Å². The highest BCUT2D eigenvalue weighted by atomic mass is 16.5. The Hall–Kier alpha value is -1.34. The third-order valence-electron chi connectivity index (χ3n) is 6.08. The molecule has 1 aliphatic heterocycles. The average molecular weight is 380 g/mol. The van der Waals surface area contributed by atoms with E-state index in [2.05, 4.69) is 39.7 Å². The van der Waals surface area contributed by atoms with E-state index in [1.165, 1.54) is 0 Å². The van der Waals surface area contributed by atoms with Crippen molar-refractivity contribution < 1.29 is 9.53 Å². The lowest BCUT2D eigenvalue weighted by molar-refractivity contribution is -0.126. The highest BCUT2D eigenvalue weighted by Gasteiger charge is 2.31. The van der Waals surface area contributed by atoms with Crippen LogP contribution in [0, 0.1) is 5.92 Å². The standard InChI is InChI=1S/C20H37N5O2/c1-14(25-9-10-27-13-15(25)2)12-22-20(21-3)24-18-6-4-5-16(11-18)19(26)23-17-7-8-17/h14-18H,4-13H2,1-3H3,(H,23,26)(H2,21,22,24). The van der Waals surface area contributed by atoms with Gasteiger partial charge in [-0.25, -0.2) is 0 Å². The summed E-state index contributed by atoms with van der Waals surface area (Å²) >= 11 is 0. The molecule has 3 rings (SSSR count). The summed E-state index contributed by atoms with van der Waals surface area (Å²) in [5.74, 6) is 1.24. The largest absolute Gasteiger partial charge is 0.379 e. The van der Waals surface area contributed by atoms with Crippen molar-refractivity contribution in [1.29, 1.82) is 0 Å². The van der Waals surface area contributed by atoms with Crippen LogP contribution in [0.5, 0.6) is 0 Å². The first kappa shape index (κ1) is 20.4. The molecular formula is C20H37N5O2. The first-order valence-electron chi connectivity index (χ1n) is 10.7. The van der Waals surface area contributed by atoms with Gasteiger partial charge in [0.2, 0.25) is 5.91 Å². The van der Waals surface area contributed by atoms with Crippen LogP contribution in [0.4, 0.5) is 0 Å². The number of nitrogens with one attached hydrogen (secondary N) is 3. The number of morpholine rings is 1. The van der Waals surface area contributed by atoms with Crippen molar-refractivity contribution in [2.24, 2.45) is 10.9 Å². The summed E-state index contributed by atoms with van der Waals surface area (Å²) in [5, 5.41) is 10.2. The number of ether oxygens (including phenoxy) is 1. The minimum atomic E-state index is 0.142. The maximum absolute atomic E-state index is 12.4. The molecule has 4 unspecified atom stereocenters. The van der Waals surface area contributed by atoms with Gasteiger partial charge in [0.15, 0.2) is 5.96 Å². The molecule has 1 saturated heterocycles. The van der Waals surface area contributed by atoms with Crippen molar-refractivity contribution in [2.45, 2.75) is 76.5 Å². The second-order valence-corrected chi connectivity index (χ2v) is 8.45. The number of guanidine groups is 1. The molecule has 2 saturated carbocycles. The summed E-state index contributed by atoms with van der Waals surface area (Å²) < 4.78 is 5.54. The number of hydrogen-bond donors (Lipinski definition) is 3. The van der Waals surface area contributed by atoms with E-state index in [1.54, 1.807) is 0 Å². The van der Waals surface area contributed by atoms with Crippen molar-refractivity contribution >= 4 is 11.9 Å². The molecule has 0 radical (unpaired) electrons. The van der Waals surface area contributed by atoms with E-state index in [4.69, 9.17) is 4.74 Å². The number of carbonyl (C=O) groups excluding carboxylic acids is 1. The van der Waals surface area contributed by atoms with E-state index in [1.807, 2.05) is 7.05 Å². The third-order valence-corrected chi connectivity index (χ3v) is 6.08. The van der Waals surface area contributed by atoms with Gasteiger partial charge >= 0.3 is 0 Å². The Morgan fingerprint density at radius 2 is 2.04 bits per heavy atom. The van der Waals surface area contributed by atoms with Gasteiger partial charge in [0, 0.05) is 50.2 Å². The fourth-order valence-corrected chi connectivity index (χ4v) is 4.25. The van der Waals surface area contributed by atoms with Gasteiger partial charge in [0.05, 0.1) is 13.2 Å². The van der Waals surface area contributed by atoms with Crippen LogP contribution in [0.15, 0.2) is 4.99 Å². The van der Waals surface area contributed by atoms with Gasteiger partial charge < -0.3 is 20.7 Å². The molecule has 7 heteroatoms. The minimum absolute atomic E-state index is 0.142. The SMILES string of the molecule is CN=C(NCC(C)N1CCOCC1C)NC1CCCC(C(=O)NC2CC2)C1. The molecule has 3 fully saturated rings. The summed E-state index contributed by atoms with van der Waals surface area (Å²) in [6.45, 7) is 7.93. The summed E-state index contributed by atoms with van der Waals surface area (Å²) in [7, 11) is 1.82. The molecule has 0 spiro atoms. The van der Waals surface area contributed by atoms with E-state index in [0.717, 1.165) is 70.8 Å². The molecule has 2 aliphatic carbocycles. The van der Waals surface area contributed by atoms with Crippen molar-refractivity contribution in [3.63, 3.8) is 0 Å². The van der Waals surface area contributed by atoms with Crippen LogP contribution in [0.3, 0.4) is 0 Å². The Balaban J connectivity index is 1.42. The second-order valence-electron chi connectivity index (χ2n) is 8.45. The van der Waals surface area contributed by atoms with Gasteiger partial charge in [-0.15, -0.1) is 0 Å². The predicted molar refractivity (Wildman–Crippen MR) is 108 cm³/mol. The summed E-state index contributed by atoms with van der Waals surface area (Å²) in [6.07, 6.45) is 6.40. The van der Waals surface area contributed by atoms with Crippen LogP contribution in [0.25, 0.3) is 0 Å². The zero-order chi connectivity index (χ0) is 19.2. The number of rotatable bonds is 6. The zero-order valence-electron chi connectivity index (χ0n) is 17.2. The van der Waals surface area contributed by atoms with Gasteiger partial charge in [-0.05, 0) is 46.0 Å². The van der Waals surface area contributed by atoms with E-state index in [9.17, 15) is 4.79 Å². The molecule has 3 N–H and O–H groups in total. The lowest BCUT2D eigenvalue weighted by atomic mass is 9.85. The van der Waals surface area contributed by atoms with Crippen LogP contribution >= 0.6 is 0 Å². The van der Waals surface area contributed by atoms with E-state index >= 15 is 0 Å². The van der Waals surface area contributed by atoms with E-state index in [-0.39, 0.29) is 11.8 Å². The Labute approximate surface area is 163 Å². The molecule has 1 amide bonds. The maximum atomic E-state index is 12.4. The predicted octanol–water partition coefficient (Wildman–Crippen LogP) is 1.10. The smallest absolute Gasteiger partial charge is 0.223 e. The molecule has 0 aromatic carbocycles. The van der Waals surface area contributed by atoms with E-state index in [0.29, 0.717) is 24.2 Å². The first-order chi connectivity index (χ1) is 13.1. The second kappa shape index (κ2) is 9.73. The molecule has 0 aromatic rings. The number of carbonyl (C=O) groups is 1. The first-order valence-corrected chi connectivity index (χ1v) is 10.7. The monoisotopic (exact) mass is 379 g/mol. The third kappa shape index (κ3) is 6.07. The van der Waals surface area contributed by atoms with Gasteiger partial charge in [0.25, 0.3) is 0 Å². The average Bonchev–Trinajstić information content (AvgIpc) is 3.49. The van der Waals surface area contributed by atoms with Gasteiger partial charge in [0.1, 0.15) is 0 Å². The van der Waals surface area contributed by atoms with Crippen molar-refractivity contribution in [3.8, 4) is 0 Å². The van der Waals surface area contributed by atoms with E-state index < -0.39 is 0 Å². The normalized spacial score (nSPS) is 31.2. The van der Waals surface area contributed by atoms with Crippen LogP contribution in [0.2, 0.25) is 0 Å². The zero-order valence-corrected chi connectivity index (χ0v) is 17.2. The van der Waals surface area contributed by atoms with Crippen LogP contribution < -0.4 is 16.0 Å². The Morgan fingerprint density at radius 1 is 1.22 bits per heavy atom. The van der Waals surface area contributed by atoms with Crippen LogP contribution in [-0.4, -0.2) is 74.3 Å². The molecule has 0 aromatic heterocycles. The fraction of sp³-hybridized carbons (Fsp3) is 0.900. The molecule has 3 aliphatic rings. The van der Waals surface area contributed by atoms with Gasteiger partial charge in [-0.3, -0.25) is 14.7 Å². The van der Waals surface area contributed by atoms with Crippen molar-refractivity contribution in [1.82, 2.24) is 20.9 Å². The quantitative estimate of drug-likeness (QED) is 0.476. The molecule has 1 heterocycles. The number of hydrogen-bond acceptors (Lipinski definition) is 4. The lowest BCUT2D eigenvalue weighted by Gasteiger charge is -2.38. The van der Waals surface area contributed by atoms with Crippen molar-refractivity contribution in [2.75, 3.05) is 33.4 Å². The molecule has 4 atom stereocenters. The topological polar surface area (TPSA) is 78.0 Å². The number of amides is 1. The summed E-state index contributed by atoms with van der Waals surface area (Å²) in [6, 6.07) is 1.64. The molecule has 27 heavy (non-hydrogen) atoms. The molecule has 7 nitrogen and oxygen atoms in total. The number of nitrogens with zero attached hydrogens (tertiary/aromatic N) is 2.